The van der Waals surface area contributed by atoms with Crippen molar-refractivity contribution in [3.63, 3.8) is 0 Å². The van der Waals surface area contributed by atoms with E-state index in [9.17, 15) is 19.2 Å². The zero-order valence-corrected chi connectivity index (χ0v) is 13.8. The second kappa shape index (κ2) is 9.94. The van der Waals surface area contributed by atoms with E-state index in [-0.39, 0.29) is 6.61 Å². The summed E-state index contributed by atoms with van der Waals surface area (Å²) < 4.78 is 25.5. The summed E-state index contributed by atoms with van der Waals surface area (Å²) in [6, 6.07) is 0. The Bertz CT molecular complexity index is 568. The van der Waals surface area contributed by atoms with Gasteiger partial charge in [0.05, 0.1) is 6.61 Å². The molecule has 0 aromatic rings. The highest BCUT2D eigenvalue weighted by Gasteiger charge is 2.48. The van der Waals surface area contributed by atoms with Crippen molar-refractivity contribution in [3.8, 4) is 0 Å². The van der Waals surface area contributed by atoms with E-state index in [2.05, 4.69) is 26.3 Å². The normalized spacial score (nSPS) is 24.3. The Labute approximate surface area is 149 Å². The molecule has 1 heterocycles. The van der Waals surface area contributed by atoms with Gasteiger partial charge in [-0.1, -0.05) is 26.3 Å². The molecule has 0 bridgehead atoms. The maximum Gasteiger partial charge on any atom is 0.332 e. The van der Waals surface area contributed by atoms with Gasteiger partial charge in [-0.25, -0.2) is 19.2 Å². The van der Waals surface area contributed by atoms with Crippen molar-refractivity contribution in [2.24, 2.45) is 0 Å². The van der Waals surface area contributed by atoms with E-state index in [1.165, 1.54) is 0 Å². The number of hydrogen-bond acceptors (Lipinski definition) is 9. The van der Waals surface area contributed by atoms with Crippen molar-refractivity contribution in [1.29, 1.82) is 0 Å². The topological polar surface area (TPSA) is 114 Å². The van der Waals surface area contributed by atoms with Gasteiger partial charge in [0.1, 0.15) is 0 Å². The SMILES string of the molecule is C=CC(=O)OC1OC[C@@H](OC(=O)C=C)[C@@H](OC(=O)C=C)C1OC(=O)C=C. The van der Waals surface area contributed by atoms with Crippen LogP contribution in [0.25, 0.3) is 0 Å². The highest BCUT2D eigenvalue weighted by atomic mass is 16.7. The molecule has 1 aliphatic heterocycles. The molecule has 1 saturated heterocycles. The molecule has 0 aromatic carbocycles. The Kier molecular flexibility index (Phi) is 7.97. The van der Waals surface area contributed by atoms with Crippen LogP contribution in [0.1, 0.15) is 0 Å². The Morgan fingerprint density at radius 1 is 0.692 bits per heavy atom. The number of esters is 4. The van der Waals surface area contributed by atoms with E-state index < -0.39 is 48.5 Å². The minimum atomic E-state index is -1.44. The van der Waals surface area contributed by atoms with Gasteiger partial charge in [0.2, 0.25) is 12.4 Å². The van der Waals surface area contributed by atoms with E-state index in [0.717, 1.165) is 24.3 Å². The minimum Gasteiger partial charge on any atom is -0.453 e. The fourth-order valence-electron chi connectivity index (χ4n) is 1.94. The number of rotatable bonds is 8. The molecule has 4 atom stereocenters. The summed E-state index contributed by atoms with van der Waals surface area (Å²) in [5.41, 5.74) is 0. The van der Waals surface area contributed by atoms with Crippen molar-refractivity contribution >= 4 is 23.9 Å². The van der Waals surface area contributed by atoms with E-state index in [1.807, 2.05) is 0 Å². The highest BCUT2D eigenvalue weighted by molar-refractivity contribution is 5.83. The lowest BCUT2D eigenvalue weighted by atomic mass is 10.0. The first-order chi connectivity index (χ1) is 12.4. The minimum absolute atomic E-state index is 0.314. The third kappa shape index (κ3) is 5.71. The first kappa shape index (κ1) is 20.8. The molecule has 0 aliphatic carbocycles. The Morgan fingerprint density at radius 3 is 1.62 bits per heavy atom. The molecule has 0 aromatic heterocycles. The third-order valence-corrected chi connectivity index (χ3v) is 3.05. The van der Waals surface area contributed by atoms with Crippen molar-refractivity contribution in [2.45, 2.75) is 24.6 Å². The summed E-state index contributed by atoms with van der Waals surface area (Å²) in [5, 5.41) is 0. The maximum absolute atomic E-state index is 11.6. The summed E-state index contributed by atoms with van der Waals surface area (Å²) in [5.74, 6) is -3.49. The van der Waals surface area contributed by atoms with Gasteiger partial charge in [-0.15, -0.1) is 0 Å². The molecule has 1 fully saturated rings. The molecule has 26 heavy (non-hydrogen) atoms. The van der Waals surface area contributed by atoms with Crippen molar-refractivity contribution in [1.82, 2.24) is 0 Å². The fraction of sp³-hybridized carbons (Fsp3) is 0.294. The zero-order valence-electron chi connectivity index (χ0n) is 13.8. The first-order valence-electron chi connectivity index (χ1n) is 7.30. The molecular weight excluding hydrogens is 348 g/mol. The van der Waals surface area contributed by atoms with Crippen LogP contribution in [0, 0.1) is 0 Å². The van der Waals surface area contributed by atoms with Crippen molar-refractivity contribution in [2.75, 3.05) is 6.61 Å². The molecule has 0 N–H and O–H groups in total. The molecule has 0 saturated carbocycles. The molecule has 2 unspecified atom stereocenters. The van der Waals surface area contributed by atoms with Crippen molar-refractivity contribution < 1.29 is 42.9 Å². The highest BCUT2D eigenvalue weighted by Crippen LogP contribution is 2.25. The average molecular weight is 366 g/mol. The summed E-state index contributed by atoms with van der Waals surface area (Å²) in [6.07, 6.45) is -1.92. The summed E-state index contributed by atoms with van der Waals surface area (Å²) in [6.45, 7) is 12.7. The standard InChI is InChI=1S/C17H18O9/c1-5-11(18)23-10-9-22-17(26-14(21)8-4)16(25-13(20)7-3)15(10)24-12(19)6-2/h5-8,10,15-17H,1-4,9H2/t10-,15-,16?,17?/m1/s1. The smallest absolute Gasteiger partial charge is 0.332 e. The number of carbonyl (C=O) groups excluding carboxylic acids is 4. The Balaban J connectivity index is 3.18. The number of carbonyl (C=O) groups is 4. The maximum atomic E-state index is 11.6. The van der Waals surface area contributed by atoms with Crippen LogP contribution in [0.5, 0.6) is 0 Å². The Morgan fingerprint density at radius 2 is 1.12 bits per heavy atom. The lowest BCUT2D eigenvalue weighted by Gasteiger charge is -2.39. The second-order valence-electron chi connectivity index (χ2n) is 4.73. The van der Waals surface area contributed by atoms with Gasteiger partial charge in [-0.3, -0.25) is 0 Å². The van der Waals surface area contributed by atoms with Crippen LogP contribution in [0.2, 0.25) is 0 Å². The van der Waals surface area contributed by atoms with E-state index in [1.54, 1.807) is 0 Å². The number of ether oxygens (including phenoxy) is 5. The van der Waals surface area contributed by atoms with Gasteiger partial charge in [-0.05, 0) is 0 Å². The lowest BCUT2D eigenvalue weighted by Crippen LogP contribution is -2.58. The monoisotopic (exact) mass is 366 g/mol. The molecule has 9 nitrogen and oxygen atoms in total. The quantitative estimate of drug-likeness (QED) is 0.341. The molecule has 1 rings (SSSR count). The van der Waals surface area contributed by atoms with Crippen LogP contribution in [0.15, 0.2) is 50.6 Å². The van der Waals surface area contributed by atoms with Gasteiger partial charge in [0.25, 0.3) is 0 Å². The molecule has 0 radical (unpaired) electrons. The number of hydrogen-bond donors (Lipinski definition) is 0. The Hall–Kier alpha value is -3.20. The van der Waals surface area contributed by atoms with E-state index in [0.29, 0.717) is 0 Å². The van der Waals surface area contributed by atoms with Crippen LogP contribution < -0.4 is 0 Å². The fourth-order valence-corrected chi connectivity index (χ4v) is 1.94. The predicted octanol–water partition coefficient (Wildman–Crippen LogP) is 0.365. The average Bonchev–Trinajstić information content (AvgIpc) is 2.65. The summed E-state index contributed by atoms with van der Waals surface area (Å²) >= 11 is 0. The molecule has 0 amide bonds. The van der Waals surface area contributed by atoms with Gasteiger partial charge < -0.3 is 23.7 Å². The van der Waals surface area contributed by atoms with Crippen LogP contribution in [0.3, 0.4) is 0 Å². The lowest BCUT2D eigenvalue weighted by molar-refractivity contribution is -0.271. The first-order valence-corrected chi connectivity index (χ1v) is 7.30. The summed E-state index contributed by atoms with van der Waals surface area (Å²) in [4.78, 5) is 46.2. The van der Waals surface area contributed by atoms with Crippen LogP contribution in [0.4, 0.5) is 0 Å². The summed E-state index contributed by atoms with van der Waals surface area (Å²) in [7, 11) is 0. The van der Waals surface area contributed by atoms with Gasteiger partial charge in [0.15, 0.2) is 12.2 Å². The van der Waals surface area contributed by atoms with Gasteiger partial charge in [0, 0.05) is 24.3 Å². The second-order valence-corrected chi connectivity index (χ2v) is 4.73. The largest absolute Gasteiger partial charge is 0.453 e. The van der Waals surface area contributed by atoms with E-state index in [4.69, 9.17) is 23.7 Å². The molecule has 9 heteroatoms. The third-order valence-electron chi connectivity index (χ3n) is 3.05. The molecule has 140 valence electrons. The molecule has 1 aliphatic rings. The van der Waals surface area contributed by atoms with Crippen molar-refractivity contribution in [3.05, 3.63) is 50.6 Å². The molecular formula is C17H18O9. The predicted molar refractivity (Wildman–Crippen MR) is 86.3 cm³/mol. The zero-order chi connectivity index (χ0) is 19.7. The van der Waals surface area contributed by atoms with Crippen LogP contribution in [-0.4, -0.2) is 55.1 Å². The van der Waals surface area contributed by atoms with E-state index >= 15 is 0 Å². The van der Waals surface area contributed by atoms with Gasteiger partial charge >= 0.3 is 23.9 Å². The van der Waals surface area contributed by atoms with Crippen LogP contribution >= 0.6 is 0 Å². The molecule has 0 spiro atoms. The van der Waals surface area contributed by atoms with Gasteiger partial charge in [-0.2, -0.15) is 0 Å². The van der Waals surface area contributed by atoms with Crippen LogP contribution in [-0.2, 0) is 42.9 Å².